The molecule has 1 heterocycles. The van der Waals surface area contributed by atoms with Crippen LogP contribution in [0.25, 0.3) is 10.9 Å². The number of aliphatic carboxylic acids is 1. The second kappa shape index (κ2) is 18.7. The first-order valence-corrected chi connectivity index (χ1v) is 15.7. The third-order valence-electron chi connectivity index (χ3n) is 6.84. The Morgan fingerprint density at radius 3 is 2.19 bits per heavy atom. The van der Waals surface area contributed by atoms with Crippen molar-refractivity contribution < 1.29 is 24.3 Å². The molecule has 0 spiro atoms. The number of fused-ring (bicyclic) bond motifs is 1. The minimum atomic E-state index is -1.25. The zero-order valence-corrected chi connectivity index (χ0v) is 25.3. The first-order chi connectivity index (χ1) is 20.6. The van der Waals surface area contributed by atoms with Gasteiger partial charge in [0.2, 0.25) is 17.7 Å². The molecule has 14 nitrogen and oxygen atoms in total. The highest BCUT2D eigenvalue weighted by molar-refractivity contribution is 7.98. The number of aliphatic imine (C=N–C) groups is 1. The molecule has 0 aliphatic heterocycles. The SMILES string of the molecule is CSCCC(N)C(=O)NC(CCCN=C(N)N)C(=O)NC(CCCCN)C(=O)NC(Cc1c[nH]c2ccccc12)C(=O)O. The normalized spacial score (nSPS) is 13.8. The number of carboxylic acids is 1. The topological polar surface area (TPSA) is 257 Å². The van der Waals surface area contributed by atoms with E-state index in [1.54, 1.807) is 18.0 Å². The number of hydrogen-bond donors (Lipinski definition) is 9. The predicted octanol–water partition coefficient (Wildman–Crippen LogP) is -0.488. The molecule has 238 valence electrons. The van der Waals surface area contributed by atoms with Crippen molar-refractivity contribution in [3.63, 3.8) is 0 Å². The van der Waals surface area contributed by atoms with Gasteiger partial charge in [-0.1, -0.05) is 18.2 Å². The van der Waals surface area contributed by atoms with E-state index < -0.39 is 47.9 Å². The minimum absolute atomic E-state index is 0.0337. The molecule has 1 aromatic heterocycles. The number of unbranched alkanes of at least 4 members (excludes halogenated alkanes) is 1. The summed E-state index contributed by atoms with van der Waals surface area (Å²) >= 11 is 1.55. The third-order valence-corrected chi connectivity index (χ3v) is 7.49. The number of carboxylic acid groups (broad SMARTS) is 1. The lowest BCUT2D eigenvalue weighted by Gasteiger charge is -2.25. The van der Waals surface area contributed by atoms with Crippen LogP contribution in [0.1, 0.15) is 44.1 Å². The van der Waals surface area contributed by atoms with Crippen LogP contribution in [0.2, 0.25) is 0 Å². The fourth-order valence-electron chi connectivity index (χ4n) is 4.45. The van der Waals surface area contributed by atoms with Gasteiger partial charge in [0.05, 0.1) is 6.04 Å². The number of para-hydroxylation sites is 1. The van der Waals surface area contributed by atoms with Gasteiger partial charge in [0.1, 0.15) is 18.1 Å². The van der Waals surface area contributed by atoms with Crippen LogP contribution in [0.4, 0.5) is 0 Å². The number of hydrogen-bond acceptors (Lipinski definition) is 8. The van der Waals surface area contributed by atoms with Crippen LogP contribution in [0.15, 0.2) is 35.5 Å². The van der Waals surface area contributed by atoms with Crippen molar-refractivity contribution in [2.75, 3.05) is 25.1 Å². The fourth-order valence-corrected chi connectivity index (χ4v) is 4.94. The summed E-state index contributed by atoms with van der Waals surface area (Å²) in [5.74, 6) is -2.39. The summed E-state index contributed by atoms with van der Waals surface area (Å²) in [5, 5.41) is 18.7. The first-order valence-electron chi connectivity index (χ1n) is 14.3. The van der Waals surface area contributed by atoms with Crippen molar-refractivity contribution in [2.45, 2.75) is 69.1 Å². The number of nitrogens with zero attached hydrogens (tertiary/aromatic N) is 1. The molecule has 0 aliphatic rings. The van der Waals surface area contributed by atoms with Crippen LogP contribution < -0.4 is 38.9 Å². The monoisotopic (exact) mass is 619 g/mol. The number of rotatable bonds is 20. The molecule has 4 unspecified atom stereocenters. The minimum Gasteiger partial charge on any atom is -0.480 e. The number of nitrogens with two attached hydrogens (primary N) is 4. The molecule has 4 atom stereocenters. The molecule has 3 amide bonds. The fraction of sp³-hybridized carbons (Fsp3) is 0.536. The number of carbonyl (C=O) groups is 4. The van der Waals surface area contributed by atoms with Crippen LogP contribution >= 0.6 is 11.8 Å². The van der Waals surface area contributed by atoms with Crippen molar-refractivity contribution >= 4 is 52.3 Å². The third kappa shape index (κ3) is 12.1. The number of nitrogens with one attached hydrogen (secondary N) is 4. The van der Waals surface area contributed by atoms with Gasteiger partial charge < -0.3 is 49.0 Å². The van der Waals surface area contributed by atoms with Crippen LogP contribution in [-0.2, 0) is 25.6 Å². The lowest BCUT2D eigenvalue weighted by molar-refractivity contribution is -0.142. The van der Waals surface area contributed by atoms with Crippen molar-refractivity contribution in [1.29, 1.82) is 0 Å². The molecule has 2 aromatic rings. The van der Waals surface area contributed by atoms with Gasteiger partial charge in [-0.25, -0.2) is 4.79 Å². The summed E-state index contributed by atoms with van der Waals surface area (Å²) in [6.07, 6.45) is 5.94. The van der Waals surface area contributed by atoms with Crippen molar-refractivity contribution in [1.82, 2.24) is 20.9 Å². The summed E-state index contributed by atoms with van der Waals surface area (Å²) in [6, 6.07) is 3.31. The molecule has 15 heteroatoms. The summed E-state index contributed by atoms with van der Waals surface area (Å²) in [4.78, 5) is 58.7. The number of aromatic amines is 1. The van der Waals surface area contributed by atoms with Gasteiger partial charge in [-0.15, -0.1) is 0 Å². The van der Waals surface area contributed by atoms with E-state index in [1.807, 2.05) is 30.5 Å². The number of carbonyl (C=O) groups excluding carboxylic acids is 3. The molecule has 0 saturated carbocycles. The van der Waals surface area contributed by atoms with Gasteiger partial charge in [0, 0.05) is 30.1 Å². The zero-order chi connectivity index (χ0) is 31.8. The van der Waals surface area contributed by atoms with E-state index in [0.29, 0.717) is 38.0 Å². The maximum absolute atomic E-state index is 13.4. The molecular formula is C28H45N9O5S. The Morgan fingerprint density at radius 2 is 1.56 bits per heavy atom. The number of benzene rings is 1. The Hall–Kier alpha value is -3.82. The standard InChI is InChI=1S/C28H45N9O5S/c1-43-14-11-19(30)24(38)35-22(10-6-13-33-28(31)32)25(39)36-21(9-4-5-12-29)26(40)37-23(27(41)42)15-17-16-34-20-8-3-2-7-18(17)20/h2-3,7-8,16,19,21-23,34H,4-6,9-15,29-30H2,1H3,(H,35,38)(H,36,39)(H,37,40)(H,41,42)(H4,31,32,33). The number of amides is 3. The van der Waals surface area contributed by atoms with E-state index in [2.05, 4.69) is 25.9 Å². The van der Waals surface area contributed by atoms with Gasteiger partial charge in [-0.05, 0) is 68.7 Å². The van der Waals surface area contributed by atoms with E-state index in [9.17, 15) is 24.3 Å². The predicted molar refractivity (Wildman–Crippen MR) is 169 cm³/mol. The Kier molecular flexibility index (Phi) is 15.4. The Labute approximate surface area is 255 Å². The average Bonchev–Trinajstić information content (AvgIpc) is 3.38. The number of aromatic nitrogens is 1. The molecule has 1 aromatic carbocycles. The highest BCUT2D eigenvalue weighted by Crippen LogP contribution is 2.19. The van der Waals surface area contributed by atoms with E-state index in [4.69, 9.17) is 22.9 Å². The Morgan fingerprint density at radius 1 is 0.930 bits per heavy atom. The lowest BCUT2D eigenvalue weighted by atomic mass is 10.0. The maximum Gasteiger partial charge on any atom is 0.326 e. The van der Waals surface area contributed by atoms with E-state index >= 15 is 0 Å². The Bertz CT molecular complexity index is 1230. The van der Waals surface area contributed by atoms with Crippen LogP contribution in [-0.4, -0.2) is 89.0 Å². The number of guanidine groups is 1. The highest BCUT2D eigenvalue weighted by atomic mass is 32.2. The van der Waals surface area contributed by atoms with Crippen LogP contribution in [0, 0.1) is 0 Å². The van der Waals surface area contributed by atoms with Gasteiger partial charge in [0.15, 0.2) is 5.96 Å². The van der Waals surface area contributed by atoms with E-state index in [1.165, 1.54) is 0 Å². The molecule has 0 aliphatic carbocycles. The summed E-state index contributed by atoms with van der Waals surface area (Å²) < 4.78 is 0. The van der Waals surface area contributed by atoms with Crippen LogP contribution in [0.5, 0.6) is 0 Å². The zero-order valence-electron chi connectivity index (χ0n) is 24.5. The second-order valence-corrected chi connectivity index (χ2v) is 11.2. The van der Waals surface area contributed by atoms with Crippen LogP contribution in [0.3, 0.4) is 0 Å². The number of thioether (sulfide) groups is 1. The highest BCUT2D eigenvalue weighted by Gasteiger charge is 2.30. The molecule has 43 heavy (non-hydrogen) atoms. The van der Waals surface area contributed by atoms with Crippen molar-refractivity contribution in [2.24, 2.45) is 27.9 Å². The molecule has 2 rings (SSSR count). The quantitative estimate of drug-likeness (QED) is 0.0522. The lowest BCUT2D eigenvalue weighted by Crippen LogP contribution is -2.57. The molecule has 0 fully saturated rings. The van der Waals surface area contributed by atoms with Crippen molar-refractivity contribution in [3.8, 4) is 0 Å². The van der Waals surface area contributed by atoms with Gasteiger partial charge >= 0.3 is 5.97 Å². The van der Waals surface area contributed by atoms with Gasteiger partial charge in [0.25, 0.3) is 0 Å². The molecular weight excluding hydrogens is 574 g/mol. The summed E-state index contributed by atoms with van der Waals surface area (Å²) in [6.45, 7) is 0.618. The Balaban J connectivity index is 2.19. The maximum atomic E-state index is 13.4. The van der Waals surface area contributed by atoms with Gasteiger partial charge in [-0.3, -0.25) is 19.4 Å². The largest absolute Gasteiger partial charge is 0.480 e. The first kappa shape index (κ1) is 35.4. The molecule has 0 radical (unpaired) electrons. The van der Waals surface area contributed by atoms with E-state index in [0.717, 1.165) is 16.5 Å². The second-order valence-electron chi connectivity index (χ2n) is 10.2. The molecule has 0 bridgehead atoms. The van der Waals surface area contributed by atoms with Crippen molar-refractivity contribution in [3.05, 3.63) is 36.0 Å². The number of H-pyrrole nitrogens is 1. The van der Waals surface area contributed by atoms with E-state index in [-0.39, 0.29) is 31.8 Å². The average molecular weight is 620 g/mol. The summed E-state index contributed by atoms with van der Waals surface area (Å²) in [7, 11) is 0. The van der Waals surface area contributed by atoms with Gasteiger partial charge in [-0.2, -0.15) is 11.8 Å². The molecule has 13 N–H and O–H groups in total. The summed E-state index contributed by atoms with van der Waals surface area (Å²) in [5.41, 5.74) is 24.0. The smallest absolute Gasteiger partial charge is 0.326 e. The molecule has 0 saturated heterocycles.